The molecule has 1 N–H and O–H groups in total. The van der Waals surface area contributed by atoms with Crippen molar-refractivity contribution in [2.45, 2.75) is 24.0 Å². The van der Waals surface area contributed by atoms with Crippen LogP contribution < -0.4 is 5.32 Å². The molecule has 0 spiro atoms. The van der Waals surface area contributed by atoms with Gasteiger partial charge in [-0.25, -0.2) is 8.42 Å². The van der Waals surface area contributed by atoms with Crippen molar-refractivity contribution in [1.82, 2.24) is 10.2 Å². The van der Waals surface area contributed by atoms with Crippen LogP contribution in [0.25, 0.3) is 0 Å². The maximum atomic E-state index is 12.2. The molecule has 1 heterocycles. The van der Waals surface area contributed by atoms with Gasteiger partial charge in [-0.1, -0.05) is 12.1 Å². The topological polar surface area (TPSA) is 66.5 Å². The van der Waals surface area contributed by atoms with Crippen LogP contribution in [-0.2, 0) is 9.84 Å². The minimum atomic E-state index is -3.28. The summed E-state index contributed by atoms with van der Waals surface area (Å²) in [6, 6.07) is 6.28. The zero-order valence-electron chi connectivity index (χ0n) is 12.5. The first kappa shape index (κ1) is 16.1. The molecule has 0 unspecified atom stereocenters. The molecule has 1 aromatic carbocycles. The Morgan fingerprint density at radius 3 is 2.29 bits per heavy atom. The molecule has 116 valence electrons. The van der Waals surface area contributed by atoms with E-state index in [9.17, 15) is 13.2 Å². The molecule has 2 rings (SSSR count). The van der Waals surface area contributed by atoms with Gasteiger partial charge in [0.2, 0.25) is 0 Å². The quantitative estimate of drug-likeness (QED) is 0.821. The van der Waals surface area contributed by atoms with Crippen LogP contribution in [-0.4, -0.2) is 57.1 Å². The summed E-state index contributed by atoms with van der Waals surface area (Å²) in [5, 5.41) is 2.78. The van der Waals surface area contributed by atoms with Crippen molar-refractivity contribution < 1.29 is 13.2 Å². The van der Waals surface area contributed by atoms with Gasteiger partial charge in [-0.3, -0.25) is 9.69 Å². The number of nitrogens with zero attached hydrogens (tertiary/aromatic N) is 1. The highest BCUT2D eigenvalue weighted by Gasteiger charge is 2.20. The molecule has 1 aliphatic rings. The Kier molecular flexibility index (Phi) is 5.13. The Morgan fingerprint density at radius 1 is 1.19 bits per heavy atom. The third-order valence-electron chi connectivity index (χ3n) is 3.70. The Morgan fingerprint density at radius 2 is 1.76 bits per heavy atom. The number of hydrogen-bond donors (Lipinski definition) is 1. The van der Waals surface area contributed by atoms with E-state index in [4.69, 9.17) is 0 Å². The number of nitrogens with one attached hydrogen (secondary N) is 1. The summed E-state index contributed by atoms with van der Waals surface area (Å²) in [7, 11) is -3.28. The van der Waals surface area contributed by atoms with Crippen molar-refractivity contribution in [3.8, 4) is 0 Å². The number of ketones is 1. The number of carbonyl (C=O) groups excluding carboxylic acids is 1. The Balaban J connectivity index is 2.06. The number of carbonyl (C=O) groups is 1. The molecule has 6 heteroatoms. The third-order valence-corrected chi connectivity index (χ3v) is 5.87. The van der Waals surface area contributed by atoms with Gasteiger partial charge in [0, 0.05) is 31.7 Å². The molecule has 0 aliphatic carbocycles. The van der Waals surface area contributed by atoms with E-state index < -0.39 is 15.1 Å². The van der Waals surface area contributed by atoms with Crippen LogP contribution in [0.4, 0.5) is 0 Å². The lowest BCUT2D eigenvalue weighted by Gasteiger charge is -2.26. The predicted molar refractivity (Wildman–Crippen MR) is 82.4 cm³/mol. The number of hydrogen-bond acceptors (Lipinski definition) is 5. The van der Waals surface area contributed by atoms with Gasteiger partial charge in [0.1, 0.15) is 0 Å². The van der Waals surface area contributed by atoms with E-state index in [1.165, 1.54) is 12.1 Å². The number of Topliss-reactive ketones (excluding diaryl/α,β-unsaturated/α-hetero) is 1. The molecule has 0 atom stereocenters. The van der Waals surface area contributed by atoms with Crippen LogP contribution >= 0.6 is 0 Å². The summed E-state index contributed by atoms with van der Waals surface area (Å²) < 4.78 is 24.1. The van der Waals surface area contributed by atoms with E-state index in [-0.39, 0.29) is 10.7 Å². The van der Waals surface area contributed by atoms with Gasteiger partial charge in [0.05, 0.1) is 16.7 Å². The van der Waals surface area contributed by atoms with E-state index in [1.54, 1.807) is 26.0 Å². The molecular formula is C15H22N2O3S. The van der Waals surface area contributed by atoms with Crippen molar-refractivity contribution in [1.29, 1.82) is 0 Å². The smallest absolute Gasteiger partial charge is 0.180 e. The summed E-state index contributed by atoms with van der Waals surface area (Å²) in [4.78, 5) is 14.6. The van der Waals surface area contributed by atoms with Crippen LogP contribution in [0.1, 0.15) is 24.2 Å². The standard InChI is InChI=1S/C15H22N2O3S/c1-12(2)21(19,20)14-5-3-13(4-6-14)15(18)11-17-9-7-16-8-10-17/h3-6,12,16H,7-11H2,1-2H3. The van der Waals surface area contributed by atoms with E-state index in [2.05, 4.69) is 10.2 Å². The lowest BCUT2D eigenvalue weighted by atomic mass is 10.1. The first-order chi connectivity index (χ1) is 9.91. The number of sulfone groups is 1. The maximum absolute atomic E-state index is 12.2. The van der Waals surface area contributed by atoms with Crippen LogP contribution in [0.15, 0.2) is 29.2 Å². The SMILES string of the molecule is CC(C)S(=O)(=O)c1ccc(C(=O)CN2CCNCC2)cc1. The van der Waals surface area contributed by atoms with Crippen LogP contribution in [0, 0.1) is 0 Å². The fraction of sp³-hybridized carbons (Fsp3) is 0.533. The van der Waals surface area contributed by atoms with Gasteiger partial charge in [-0.05, 0) is 26.0 Å². The monoisotopic (exact) mass is 310 g/mol. The molecule has 0 bridgehead atoms. The number of benzene rings is 1. The molecule has 1 fully saturated rings. The van der Waals surface area contributed by atoms with Crippen LogP contribution in [0.3, 0.4) is 0 Å². The van der Waals surface area contributed by atoms with E-state index in [0.717, 1.165) is 26.2 Å². The van der Waals surface area contributed by atoms with Crippen LogP contribution in [0.5, 0.6) is 0 Å². The molecule has 1 saturated heterocycles. The average Bonchev–Trinajstić information content (AvgIpc) is 2.48. The second kappa shape index (κ2) is 6.68. The highest BCUT2D eigenvalue weighted by Crippen LogP contribution is 2.17. The lowest BCUT2D eigenvalue weighted by Crippen LogP contribution is -2.45. The van der Waals surface area contributed by atoms with Crippen molar-refractivity contribution in [3.05, 3.63) is 29.8 Å². The van der Waals surface area contributed by atoms with Crippen molar-refractivity contribution >= 4 is 15.6 Å². The summed E-state index contributed by atoms with van der Waals surface area (Å²) in [6.07, 6.45) is 0. The molecule has 1 aromatic rings. The molecule has 0 radical (unpaired) electrons. The largest absolute Gasteiger partial charge is 0.314 e. The molecule has 1 aliphatic heterocycles. The Hall–Kier alpha value is -1.24. The van der Waals surface area contributed by atoms with Crippen molar-refractivity contribution in [3.63, 3.8) is 0 Å². The Labute approximate surface area is 126 Å². The first-order valence-electron chi connectivity index (χ1n) is 7.21. The van der Waals surface area contributed by atoms with Gasteiger partial charge in [0.25, 0.3) is 0 Å². The average molecular weight is 310 g/mol. The molecule has 21 heavy (non-hydrogen) atoms. The summed E-state index contributed by atoms with van der Waals surface area (Å²) in [5.74, 6) is 0.0328. The first-order valence-corrected chi connectivity index (χ1v) is 8.76. The predicted octanol–water partition coefficient (Wildman–Crippen LogP) is 0.957. The number of rotatable bonds is 5. The van der Waals surface area contributed by atoms with Gasteiger partial charge in [-0.15, -0.1) is 0 Å². The zero-order valence-corrected chi connectivity index (χ0v) is 13.3. The highest BCUT2D eigenvalue weighted by molar-refractivity contribution is 7.92. The van der Waals surface area contributed by atoms with Gasteiger partial charge in [0.15, 0.2) is 15.6 Å². The fourth-order valence-corrected chi connectivity index (χ4v) is 3.33. The Bertz CT molecular complexity index is 588. The zero-order chi connectivity index (χ0) is 15.5. The van der Waals surface area contributed by atoms with Gasteiger partial charge in [-0.2, -0.15) is 0 Å². The molecule has 0 saturated carbocycles. The minimum absolute atomic E-state index is 0.0328. The van der Waals surface area contributed by atoms with Crippen LogP contribution in [0.2, 0.25) is 0 Å². The summed E-state index contributed by atoms with van der Waals surface area (Å²) in [5.41, 5.74) is 0.566. The highest BCUT2D eigenvalue weighted by atomic mass is 32.2. The lowest BCUT2D eigenvalue weighted by molar-refractivity contribution is 0.0921. The van der Waals surface area contributed by atoms with Crippen molar-refractivity contribution in [2.75, 3.05) is 32.7 Å². The van der Waals surface area contributed by atoms with Crippen molar-refractivity contribution in [2.24, 2.45) is 0 Å². The molecule has 0 aromatic heterocycles. The molecular weight excluding hydrogens is 288 g/mol. The second-order valence-electron chi connectivity index (χ2n) is 5.57. The summed E-state index contributed by atoms with van der Waals surface area (Å²) in [6.45, 7) is 7.23. The van der Waals surface area contributed by atoms with Gasteiger partial charge < -0.3 is 5.32 Å². The third kappa shape index (κ3) is 3.90. The second-order valence-corrected chi connectivity index (χ2v) is 8.07. The van der Waals surface area contributed by atoms with Gasteiger partial charge >= 0.3 is 0 Å². The summed E-state index contributed by atoms with van der Waals surface area (Å²) >= 11 is 0. The number of piperazine rings is 1. The normalized spacial score (nSPS) is 17.1. The van der Waals surface area contributed by atoms with E-state index in [0.29, 0.717) is 12.1 Å². The van der Waals surface area contributed by atoms with E-state index in [1.807, 2.05) is 0 Å². The molecule has 0 amide bonds. The fourth-order valence-electron chi connectivity index (χ4n) is 2.27. The van der Waals surface area contributed by atoms with E-state index >= 15 is 0 Å². The maximum Gasteiger partial charge on any atom is 0.180 e. The molecule has 5 nitrogen and oxygen atoms in total. The minimum Gasteiger partial charge on any atom is -0.314 e.